The molecule has 0 fully saturated rings. The monoisotopic (exact) mass is 355 g/mol. The van der Waals surface area contributed by atoms with Crippen LogP contribution >= 0.6 is 27.3 Å². The second-order valence-electron chi connectivity index (χ2n) is 3.96. The van der Waals surface area contributed by atoms with Crippen LogP contribution in [-0.2, 0) is 6.54 Å². The normalized spacial score (nSPS) is 10.2. The van der Waals surface area contributed by atoms with Crippen molar-refractivity contribution < 1.29 is 14.3 Å². The summed E-state index contributed by atoms with van der Waals surface area (Å²) in [5.41, 5.74) is 0.898. The molecule has 2 rings (SSSR count). The number of carbonyl (C=O) groups is 1. The summed E-state index contributed by atoms with van der Waals surface area (Å²) >= 11 is 4.75. The number of rotatable bonds is 5. The van der Waals surface area contributed by atoms with Crippen molar-refractivity contribution in [2.24, 2.45) is 0 Å². The average molecular weight is 356 g/mol. The van der Waals surface area contributed by atoms with E-state index in [0.717, 1.165) is 15.8 Å². The first kappa shape index (κ1) is 14.9. The van der Waals surface area contributed by atoms with Crippen LogP contribution in [0.2, 0.25) is 0 Å². The van der Waals surface area contributed by atoms with E-state index in [1.165, 1.54) is 11.3 Å². The van der Waals surface area contributed by atoms with Crippen LogP contribution in [0.1, 0.15) is 15.2 Å². The fraction of sp³-hybridized carbons (Fsp3) is 0.214. The fourth-order valence-electron chi connectivity index (χ4n) is 1.71. The number of nitrogens with one attached hydrogen (secondary N) is 1. The molecule has 0 radical (unpaired) electrons. The lowest BCUT2D eigenvalue weighted by Gasteiger charge is -2.11. The van der Waals surface area contributed by atoms with Gasteiger partial charge >= 0.3 is 0 Å². The summed E-state index contributed by atoms with van der Waals surface area (Å²) in [6, 6.07) is 7.36. The minimum absolute atomic E-state index is 0.107. The van der Waals surface area contributed by atoms with Gasteiger partial charge in [-0.05, 0) is 39.5 Å². The molecule has 106 valence electrons. The first-order valence-electron chi connectivity index (χ1n) is 5.87. The number of thiophene rings is 1. The van der Waals surface area contributed by atoms with Gasteiger partial charge in [0, 0.05) is 22.6 Å². The molecule has 1 aromatic heterocycles. The minimum Gasteiger partial charge on any atom is -0.497 e. The van der Waals surface area contributed by atoms with E-state index in [0.29, 0.717) is 17.2 Å². The molecular formula is C14H14BrNO3S. The number of hydrogen-bond donors (Lipinski definition) is 1. The van der Waals surface area contributed by atoms with Gasteiger partial charge in [-0.2, -0.15) is 0 Å². The molecule has 6 heteroatoms. The van der Waals surface area contributed by atoms with Gasteiger partial charge in [-0.25, -0.2) is 0 Å². The molecule has 0 aliphatic heterocycles. The van der Waals surface area contributed by atoms with Gasteiger partial charge in [-0.1, -0.05) is 0 Å². The molecule has 0 spiro atoms. The van der Waals surface area contributed by atoms with Crippen LogP contribution in [-0.4, -0.2) is 20.1 Å². The van der Waals surface area contributed by atoms with Crippen LogP contribution in [0.3, 0.4) is 0 Å². The van der Waals surface area contributed by atoms with Crippen molar-refractivity contribution in [1.29, 1.82) is 0 Å². The zero-order chi connectivity index (χ0) is 14.5. The van der Waals surface area contributed by atoms with Gasteiger partial charge in [-0.3, -0.25) is 4.79 Å². The lowest BCUT2D eigenvalue weighted by atomic mass is 10.2. The van der Waals surface area contributed by atoms with Gasteiger partial charge in [0.1, 0.15) is 16.4 Å². The molecule has 2 aromatic rings. The number of methoxy groups -OCH3 is 2. The Hall–Kier alpha value is -1.53. The van der Waals surface area contributed by atoms with Crippen LogP contribution in [0.25, 0.3) is 0 Å². The molecule has 0 saturated heterocycles. The van der Waals surface area contributed by atoms with Gasteiger partial charge in [0.2, 0.25) is 0 Å². The van der Waals surface area contributed by atoms with Crippen LogP contribution in [0.4, 0.5) is 0 Å². The van der Waals surface area contributed by atoms with Gasteiger partial charge < -0.3 is 14.8 Å². The molecule has 1 N–H and O–H groups in total. The van der Waals surface area contributed by atoms with Crippen molar-refractivity contribution >= 4 is 33.2 Å². The van der Waals surface area contributed by atoms with Crippen molar-refractivity contribution in [3.8, 4) is 11.5 Å². The summed E-state index contributed by atoms with van der Waals surface area (Å²) in [7, 11) is 3.19. The first-order valence-corrected chi connectivity index (χ1v) is 7.55. The molecule has 20 heavy (non-hydrogen) atoms. The van der Waals surface area contributed by atoms with E-state index in [1.54, 1.807) is 20.3 Å². The standard InChI is InChI=1S/C14H14BrNO3S/c1-18-10-4-3-9(12(7-10)19-2)8-16-14(17)13-11(15)5-6-20-13/h3-7H,8H2,1-2H3,(H,16,17). The Morgan fingerprint density at radius 1 is 1.30 bits per heavy atom. The summed E-state index contributed by atoms with van der Waals surface area (Å²) in [6.07, 6.45) is 0. The zero-order valence-corrected chi connectivity index (χ0v) is 13.5. The summed E-state index contributed by atoms with van der Waals surface area (Å²) in [5, 5.41) is 4.74. The van der Waals surface area contributed by atoms with Crippen molar-refractivity contribution in [3.63, 3.8) is 0 Å². The minimum atomic E-state index is -0.107. The number of hydrogen-bond acceptors (Lipinski definition) is 4. The number of carbonyl (C=O) groups excluding carboxylic acids is 1. The molecule has 0 aliphatic rings. The highest BCUT2D eigenvalue weighted by molar-refractivity contribution is 9.10. The van der Waals surface area contributed by atoms with Gasteiger partial charge in [0.25, 0.3) is 5.91 Å². The topological polar surface area (TPSA) is 47.6 Å². The molecule has 0 atom stereocenters. The second kappa shape index (κ2) is 6.76. The molecule has 0 aliphatic carbocycles. The molecule has 4 nitrogen and oxygen atoms in total. The van der Waals surface area contributed by atoms with E-state index in [4.69, 9.17) is 9.47 Å². The Balaban J connectivity index is 2.07. The summed E-state index contributed by atoms with van der Waals surface area (Å²) < 4.78 is 11.2. The molecule has 1 aromatic carbocycles. The molecule has 1 amide bonds. The van der Waals surface area contributed by atoms with E-state index in [2.05, 4.69) is 21.2 Å². The van der Waals surface area contributed by atoms with Gasteiger partial charge in [-0.15, -0.1) is 11.3 Å². The largest absolute Gasteiger partial charge is 0.497 e. The summed E-state index contributed by atoms with van der Waals surface area (Å²) in [4.78, 5) is 12.7. The Bertz CT molecular complexity index is 612. The molecule has 0 unspecified atom stereocenters. The molecule has 1 heterocycles. The Kier molecular flexibility index (Phi) is 5.03. The zero-order valence-electron chi connectivity index (χ0n) is 11.1. The van der Waals surface area contributed by atoms with E-state index in [9.17, 15) is 4.79 Å². The lowest BCUT2D eigenvalue weighted by Crippen LogP contribution is -2.22. The molecular weight excluding hydrogens is 342 g/mol. The van der Waals surface area contributed by atoms with Crippen molar-refractivity contribution in [2.75, 3.05) is 14.2 Å². The maximum absolute atomic E-state index is 12.0. The van der Waals surface area contributed by atoms with Crippen LogP contribution < -0.4 is 14.8 Å². The predicted octanol–water partition coefficient (Wildman–Crippen LogP) is 3.46. The lowest BCUT2D eigenvalue weighted by molar-refractivity contribution is 0.0954. The Morgan fingerprint density at radius 2 is 2.10 bits per heavy atom. The van der Waals surface area contributed by atoms with E-state index >= 15 is 0 Å². The third kappa shape index (κ3) is 3.32. The van der Waals surface area contributed by atoms with Crippen molar-refractivity contribution in [1.82, 2.24) is 5.32 Å². The third-order valence-electron chi connectivity index (χ3n) is 2.76. The number of amides is 1. The van der Waals surface area contributed by atoms with E-state index in [-0.39, 0.29) is 5.91 Å². The van der Waals surface area contributed by atoms with Crippen molar-refractivity contribution in [3.05, 3.63) is 44.6 Å². The maximum Gasteiger partial charge on any atom is 0.262 e. The number of ether oxygens (including phenoxy) is 2. The summed E-state index contributed by atoms with van der Waals surface area (Å²) in [6.45, 7) is 0.399. The van der Waals surface area contributed by atoms with Crippen LogP contribution in [0, 0.1) is 0 Å². The van der Waals surface area contributed by atoms with Gasteiger partial charge in [0.15, 0.2) is 0 Å². The number of benzene rings is 1. The third-order valence-corrected chi connectivity index (χ3v) is 4.59. The Morgan fingerprint density at radius 3 is 2.70 bits per heavy atom. The summed E-state index contributed by atoms with van der Waals surface area (Å²) in [5.74, 6) is 1.30. The smallest absolute Gasteiger partial charge is 0.262 e. The van der Waals surface area contributed by atoms with Gasteiger partial charge in [0.05, 0.1) is 14.2 Å². The predicted molar refractivity (Wildman–Crippen MR) is 82.7 cm³/mol. The fourth-order valence-corrected chi connectivity index (χ4v) is 3.18. The van der Waals surface area contributed by atoms with Crippen molar-refractivity contribution in [2.45, 2.75) is 6.54 Å². The molecule has 0 bridgehead atoms. The van der Waals surface area contributed by atoms with Crippen LogP contribution in [0.5, 0.6) is 11.5 Å². The number of halogens is 1. The highest BCUT2D eigenvalue weighted by atomic mass is 79.9. The maximum atomic E-state index is 12.0. The highest BCUT2D eigenvalue weighted by Gasteiger charge is 2.12. The Labute approximate surface area is 129 Å². The van der Waals surface area contributed by atoms with E-state index < -0.39 is 0 Å². The average Bonchev–Trinajstić information content (AvgIpc) is 2.90. The SMILES string of the molecule is COc1ccc(CNC(=O)c2sccc2Br)c(OC)c1. The first-order chi connectivity index (χ1) is 9.65. The second-order valence-corrected chi connectivity index (χ2v) is 5.73. The quantitative estimate of drug-likeness (QED) is 0.893. The van der Waals surface area contributed by atoms with Crippen LogP contribution in [0.15, 0.2) is 34.1 Å². The molecule has 0 saturated carbocycles. The van der Waals surface area contributed by atoms with E-state index in [1.807, 2.05) is 23.6 Å². The highest BCUT2D eigenvalue weighted by Crippen LogP contribution is 2.25.